The number of hydrogen-bond donors (Lipinski definition) is 2. The Morgan fingerprint density at radius 1 is 1.70 bits per heavy atom. The van der Waals surface area contributed by atoms with Crippen molar-refractivity contribution >= 4 is 17.3 Å². The molecule has 2 unspecified atom stereocenters. The molecule has 1 fully saturated rings. The average Bonchev–Trinajstić information content (AvgIpc) is 2.30. The van der Waals surface area contributed by atoms with Crippen LogP contribution in [0.1, 0.15) is 0 Å². The standard InChI is InChI=1S/C5H14N2OP2/c6-1-4-2-7(10-9)3-5(4)8/h4-5,8,10H,1-3,6,9H2/t4-,5+/m1/s1. The zero-order valence-electron chi connectivity index (χ0n) is 5.83. The first-order valence-electron chi connectivity index (χ1n) is 3.37. The number of rotatable bonds is 2. The normalized spacial score (nSPS) is 36.3. The molecule has 0 amide bonds. The van der Waals surface area contributed by atoms with Crippen molar-refractivity contribution in [3.8, 4) is 0 Å². The number of nitrogens with zero attached hydrogens (tertiary/aromatic N) is 1. The number of hydrogen-bond acceptors (Lipinski definition) is 3. The fourth-order valence-electron chi connectivity index (χ4n) is 1.19. The summed E-state index contributed by atoms with van der Waals surface area (Å²) in [6.45, 7) is 2.36. The Hall–Kier alpha value is 0.740. The highest BCUT2D eigenvalue weighted by molar-refractivity contribution is 8.01. The van der Waals surface area contributed by atoms with Gasteiger partial charge in [-0.15, -0.1) is 0 Å². The summed E-state index contributed by atoms with van der Waals surface area (Å²) in [6.07, 6.45) is -0.196. The molecule has 1 heterocycles. The van der Waals surface area contributed by atoms with Gasteiger partial charge in [0.2, 0.25) is 0 Å². The third-order valence-electron chi connectivity index (χ3n) is 1.89. The summed E-state index contributed by atoms with van der Waals surface area (Å²) in [6, 6.07) is 0. The molecule has 0 aliphatic carbocycles. The first kappa shape index (κ1) is 8.83. The lowest BCUT2D eigenvalue weighted by molar-refractivity contribution is 0.149. The van der Waals surface area contributed by atoms with E-state index >= 15 is 0 Å². The van der Waals surface area contributed by atoms with Crippen LogP contribution in [0.2, 0.25) is 0 Å². The van der Waals surface area contributed by atoms with Crippen LogP contribution in [0.25, 0.3) is 0 Å². The van der Waals surface area contributed by atoms with Crippen molar-refractivity contribution in [1.29, 1.82) is 0 Å². The molecular weight excluding hydrogens is 166 g/mol. The number of aliphatic hydroxyl groups is 1. The van der Waals surface area contributed by atoms with Crippen LogP contribution >= 0.6 is 17.3 Å². The highest BCUT2D eigenvalue weighted by Crippen LogP contribution is 2.32. The van der Waals surface area contributed by atoms with E-state index in [9.17, 15) is 5.11 Å². The molecular formula is C5H14N2OP2. The van der Waals surface area contributed by atoms with Crippen LogP contribution in [0.5, 0.6) is 0 Å². The van der Waals surface area contributed by atoms with E-state index in [2.05, 4.69) is 13.6 Å². The molecule has 0 aromatic heterocycles. The van der Waals surface area contributed by atoms with E-state index in [4.69, 9.17) is 5.73 Å². The number of nitrogens with two attached hydrogens (primary N) is 1. The van der Waals surface area contributed by atoms with Crippen molar-refractivity contribution in [3.05, 3.63) is 0 Å². The van der Waals surface area contributed by atoms with Gasteiger partial charge in [-0.05, 0) is 15.0 Å². The predicted molar refractivity (Wildman–Crippen MR) is 48.1 cm³/mol. The zero-order chi connectivity index (χ0) is 7.56. The van der Waals surface area contributed by atoms with E-state index in [0.717, 1.165) is 21.5 Å². The van der Waals surface area contributed by atoms with Gasteiger partial charge in [0.15, 0.2) is 0 Å². The Morgan fingerprint density at radius 2 is 2.40 bits per heavy atom. The van der Waals surface area contributed by atoms with Gasteiger partial charge in [-0.25, -0.2) is 0 Å². The highest BCUT2D eigenvalue weighted by Gasteiger charge is 2.28. The summed E-state index contributed by atoms with van der Waals surface area (Å²) >= 11 is 0. The van der Waals surface area contributed by atoms with Crippen LogP contribution in [0.4, 0.5) is 0 Å². The van der Waals surface area contributed by atoms with Crippen LogP contribution in [0.3, 0.4) is 0 Å². The van der Waals surface area contributed by atoms with E-state index in [1.165, 1.54) is 0 Å². The minimum absolute atomic E-state index is 0.196. The maximum atomic E-state index is 9.36. The van der Waals surface area contributed by atoms with Gasteiger partial charge in [0, 0.05) is 19.0 Å². The topological polar surface area (TPSA) is 49.5 Å². The van der Waals surface area contributed by atoms with Crippen LogP contribution in [-0.2, 0) is 0 Å². The van der Waals surface area contributed by atoms with E-state index in [-0.39, 0.29) is 6.10 Å². The maximum Gasteiger partial charge on any atom is 0.0722 e. The molecule has 1 aliphatic heterocycles. The lowest BCUT2D eigenvalue weighted by atomic mass is 10.1. The van der Waals surface area contributed by atoms with Gasteiger partial charge in [-0.3, -0.25) is 4.67 Å². The zero-order valence-corrected chi connectivity index (χ0v) is 7.98. The van der Waals surface area contributed by atoms with Crippen molar-refractivity contribution < 1.29 is 5.11 Å². The molecule has 1 saturated heterocycles. The molecule has 1 aliphatic rings. The smallest absolute Gasteiger partial charge is 0.0722 e. The van der Waals surface area contributed by atoms with Gasteiger partial charge >= 0.3 is 0 Å². The fourth-order valence-corrected chi connectivity index (χ4v) is 2.46. The monoisotopic (exact) mass is 180 g/mol. The summed E-state index contributed by atoms with van der Waals surface area (Å²) in [5.41, 5.74) is 5.45. The molecule has 0 spiro atoms. The Kier molecular flexibility index (Phi) is 3.48. The largest absolute Gasteiger partial charge is 0.391 e. The molecule has 4 atom stereocenters. The lowest BCUT2D eigenvalue weighted by Crippen LogP contribution is -2.25. The molecule has 3 nitrogen and oxygen atoms in total. The van der Waals surface area contributed by atoms with Crippen molar-refractivity contribution in [1.82, 2.24) is 4.67 Å². The van der Waals surface area contributed by atoms with Gasteiger partial charge in [0.05, 0.1) is 6.10 Å². The third kappa shape index (κ3) is 1.87. The van der Waals surface area contributed by atoms with Gasteiger partial charge in [-0.2, -0.15) is 0 Å². The second-order valence-corrected chi connectivity index (χ2v) is 4.26. The molecule has 10 heavy (non-hydrogen) atoms. The fraction of sp³-hybridized carbons (Fsp3) is 1.00. The second-order valence-electron chi connectivity index (χ2n) is 2.60. The van der Waals surface area contributed by atoms with Crippen LogP contribution in [0, 0.1) is 5.92 Å². The van der Waals surface area contributed by atoms with Crippen LogP contribution in [-0.4, -0.2) is 35.5 Å². The Balaban J connectivity index is 2.36. The second kappa shape index (κ2) is 3.94. The third-order valence-corrected chi connectivity index (χ3v) is 3.72. The summed E-state index contributed by atoms with van der Waals surface area (Å²) in [5.74, 6) is 0.299. The minimum Gasteiger partial charge on any atom is -0.391 e. The van der Waals surface area contributed by atoms with Gasteiger partial charge in [0.1, 0.15) is 0 Å². The van der Waals surface area contributed by atoms with E-state index in [1.807, 2.05) is 0 Å². The van der Waals surface area contributed by atoms with Crippen LogP contribution in [0.15, 0.2) is 0 Å². The molecule has 0 aromatic carbocycles. The van der Waals surface area contributed by atoms with Crippen molar-refractivity contribution in [3.63, 3.8) is 0 Å². The van der Waals surface area contributed by atoms with Crippen molar-refractivity contribution in [2.75, 3.05) is 19.6 Å². The first-order valence-corrected chi connectivity index (χ1v) is 6.13. The van der Waals surface area contributed by atoms with E-state index in [0.29, 0.717) is 12.5 Å². The Labute approximate surface area is 65.3 Å². The average molecular weight is 180 g/mol. The van der Waals surface area contributed by atoms with Gasteiger partial charge < -0.3 is 10.8 Å². The number of aliphatic hydroxyl groups excluding tert-OH is 1. The van der Waals surface area contributed by atoms with E-state index in [1.54, 1.807) is 0 Å². The molecule has 0 aromatic rings. The number of β-amino-alcohol motifs (C(OH)–C–C–N with tert-alkyl or cyclic N) is 1. The van der Waals surface area contributed by atoms with Gasteiger partial charge in [0.25, 0.3) is 0 Å². The minimum atomic E-state index is -0.196. The summed E-state index contributed by atoms with van der Waals surface area (Å²) < 4.78 is 2.22. The molecule has 1 rings (SSSR count). The van der Waals surface area contributed by atoms with E-state index < -0.39 is 0 Å². The molecule has 3 N–H and O–H groups in total. The van der Waals surface area contributed by atoms with Gasteiger partial charge in [-0.1, -0.05) is 8.93 Å². The molecule has 60 valence electrons. The molecule has 0 radical (unpaired) electrons. The van der Waals surface area contributed by atoms with Crippen LogP contribution < -0.4 is 5.73 Å². The quantitative estimate of drug-likeness (QED) is 0.569. The highest BCUT2D eigenvalue weighted by atomic mass is 32.0. The predicted octanol–water partition coefficient (Wildman–Crippen LogP) is -0.379. The lowest BCUT2D eigenvalue weighted by Gasteiger charge is -2.10. The SMILES string of the molecule is NC[C@@H]1CN(PP)C[C@@H]1O. The Bertz CT molecular complexity index is 114. The summed E-state index contributed by atoms with van der Waals surface area (Å²) in [7, 11) is 3.40. The Morgan fingerprint density at radius 3 is 2.70 bits per heavy atom. The maximum absolute atomic E-state index is 9.36. The summed E-state index contributed by atoms with van der Waals surface area (Å²) in [4.78, 5) is 0. The molecule has 5 heteroatoms. The first-order chi connectivity index (χ1) is 4.77. The molecule has 0 saturated carbocycles. The van der Waals surface area contributed by atoms with Crippen molar-refractivity contribution in [2.45, 2.75) is 6.10 Å². The molecule has 0 bridgehead atoms. The summed E-state index contributed by atoms with van der Waals surface area (Å²) in [5, 5.41) is 9.36. The van der Waals surface area contributed by atoms with Crippen molar-refractivity contribution in [2.24, 2.45) is 11.7 Å².